The van der Waals surface area contributed by atoms with E-state index in [1.807, 2.05) is 103 Å². The lowest BCUT2D eigenvalue weighted by Gasteiger charge is -2.20. The van der Waals surface area contributed by atoms with E-state index in [-0.39, 0.29) is 6.92 Å². The van der Waals surface area contributed by atoms with Gasteiger partial charge in [-0.25, -0.2) is 0 Å². The Labute approximate surface area is 280 Å². The van der Waals surface area contributed by atoms with Crippen molar-refractivity contribution in [3.63, 3.8) is 0 Å². The zero-order valence-electron chi connectivity index (χ0n) is 31.4. The summed E-state index contributed by atoms with van der Waals surface area (Å²) in [5.74, 6) is 0. The lowest BCUT2D eigenvalue weighted by molar-refractivity contribution is -0.110. The van der Waals surface area contributed by atoms with Crippen LogP contribution < -0.4 is 16.4 Å². The molecular weight excluding hydrogens is 602 g/mol. The molecule has 0 unspecified atom stereocenters. The number of aryl methyl sites for hydroxylation is 3. The average molecular weight is 668 g/mol. The zero-order valence-corrected chi connectivity index (χ0v) is 32.3. The minimum atomic E-state index is -4.00. The minimum Gasteiger partial charge on any atom is -0.399 e. The van der Waals surface area contributed by atoms with Gasteiger partial charge in [0, 0.05) is 36.7 Å². The second-order valence-electron chi connectivity index (χ2n) is 10.8. The van der Waals surface area contributed by atoms with Gasteiger partial charge >= 0.3 is 6.18 Å². The van der Waals surface area contributed by atoms with Crippen LogP contribution in [-0.4, -0.2) is 45.4 Å². The third-order valence-electron chi connectivity index (χ3n) is 6.04. The van der Waals surface area contributed by atoms with E-state index in [0.717, 1.165) is 23.0 Å². The van der Waals surface area contributed by atoms with Crippen LogP contribution in [0.3, 0.4) is 0 Å². The second-order valence-corrected chi connectivity index (χ2v) is 14.0. The number of hydrogen-bond donors (Lipinski definition) is 2. The standard InChI is InChI=1S/C9H12N2.C9H13OP.C8H10.C6H15N.C2H3F3.2C2H6/c1-7-3-4-9(10)5-8(7)6-11-2;1-8-4-6-9(7-5-8)11(2,3)10;1-2-8-6-4-3-5-7-8;1-5-6(2,3)7-4;1-2(3,4)5;2*1-2/h3-6H,10H2,1-2H3;4-7H,1-3H3;3-7H,2H2,1H3;7H,5H2,1-4H3;1H3;2*1-2H3. The second kappa shape index (κ2) is 28.3. The molecule has 0 amide bonds. The van der Waals surface area contributed by atoms with Gasteiger partial charge in [-0.2, -0.15) is 13.2 Å². The molecule has 0 saturated carbocycles. The Bertz CT molecular complexity index is 1180. The largest absolute Gasteiger partial charge is 0.399 e. The fraction of sp³-hybridized carbons (Fsp3) is 0.500. The van der Waals surface area contributed by atoms with Crippen molar-refractivity contribution in [2.45, 2.75) is 101 Å². The van der Waals surface area contributed by atoms with E-state index in [9.17, 15) is 17.7 Å². The number of aliphatic imine (C=N–C) groups is 1. The van der Waals surface area contributed by atoms with Crippen molar-refractivity contribution in [3.05, 3.63) is 95.1 Å². The summed E-state index contributed by atoms with van der Waals surface area (Å²) in [6.07, 6.45) is 0.135. The van der Waals surface area contributed by atoms with Gasteiger partial charge in [0.05, 0.1) is 0 Å². The molecule has 46 heavy (non-hydrogen) atoms. The first-order valence-corrected chi connectivity index (χ1v) is 18.6. The first-order valence-electron chi connectivity index (χ1n) is 16.0. The monoisotopic (exact) mass is 667 g/mol. The minimum absolute atomic E-state index is 0.188. The Morgan fingerprint density at radius 2 is 1.30 bits per heavy atom. The molecule has 0 bridgehead atoms. The summed E-state index contributed by atoms with van der Waals surface area (Å²) in [7, 11) is 1.70. The van der Waals surface area contributed by atoms with Gasteiger partial charge in [-0.1, -0.05) is 108 Å². The fourth-order valence-electron chi connectivity index (χ4n) is 2.73. The van der Waals surface area contributed by atoms with Gasteiger partial charge < -0.3 is 15.6 Å². The Morgan fingerprint density at radius 1 is 0.848 bits per heavy atom. The summed E-state index contributed by atoms with van der Waals surface area (Å²) < 4.78 is 42.6. The maximum Gasteiger partial charge on any atom is 0.386 e. The highest BCUT2D eigenvalue weighted by Crippen LogP contribution is 2.34. The van der Waals surface area contributed by atoms with Crippen LogP contribution in [0, 0.1) is 13.8 Å². The fourth-order valence-corrected chi connectivity index (χ4v) is 3.60. The van der Waals surface area contributed by atoms with E-state index in [4.69, 9.17) is 5.73 Å². The van der Waals surface area contributed by atoms with E-state index in [0.29, 0.717) is 5.54 Å². The Morgan fingerprint density at radius 3 is 1.61 bits per heavy atom. The molecule has 0 aliphatic rings. The van der Waals surface area contributed by atoms with Crippen LogP contribution in [-0.2, 0) is 11.0 Å². The van der Waals surface area contributed by atoms with Gasteiger partial charge in [-0.3, -0.25) is 4.99 Å². The number of nitrogen functional groups attached to an aromatic ring is 1. The smallest absolute Gasteiger partial charge is 0.386 e. The summed E-state index contributed by atoms with van der Waals surface area (Å²) in [6.45, 7) is 24.5. The first kappa shape index (κ1) is 50.0. The zero-order chi connectivity index (χ0) is 37.0. The van der Waals surface area contributed by atoms with E-state index in [2.05, 4.69) is 62.3 Å². The van der Waals surface area contributed by atoms with Gasteiger partial charge in [0.2, 0.25) is 0 Å². The van der Waals surface area contributed by atoms with Gasteiger partial charge in [-0.15, -0.1) is 0 Å². The number of nitrogens with two attached hydrogens (primary N) is 1. The van der Waals surface area contributed by atoms with E-state index in [1.165, 1.54) is 23.1 Å². The molecule has 0 aliphatic carbocycles. The quantitative estimate of drug-likeness (QED) is 0.162. The number of benzene rings is 3. The Kier molecular flexibility index (Phi) is 30.8. The number of nitrogens with zero attached hydrogens (tertiary/aromatic N) is 1. The molecule has 3 rings (SSSR count). The predicted octanol–water partition coefficient (Wildman–Crippen LogP) is 11.1. The van der Waals surface area contributed by atoms with Crippen LogP contribution in [0.1, 0.15) is 91.0 Å². The summed E-state index contributed by atoms with van der Waals surface area (Å²) in [4.78, 5) is 3.93. The van der Waals surface area contributed by atoms with Crippen LogP contribution in [0.25, 0.3) is 0 Å². The summed E-state index contributed by atoms with van der Waals surface area (Å²) >= 11 is 0. The summed E-state index contributed by atoms with van der Waals surface area (Å²) in [5.41, 5.74) is 11.6. The third kappa shape index (κ3) is 32.5. The van der Waals surface area contributed by atoms with Crippen molar-refractivity contribution in [2.24, 2.45) is 4.99 Å². The highest BCUT2D eigenvalue weighted by Gasteiger charge is 2.15. The highest BCUT2D eigenvalue weighted by atomic mass is 31.2. The molecule has 3 aromatic rings. The Hall–Kier alpha value is -2.89. The Balaban J connectivity index is -0.000000239. The SMILES string of the molecule is CC.CC.CC(F)(F)F.CCC(C)(C)NC.CCc1ccccc1.CN=Cc1cc(N)ccc1C.Cc1ccc(P(C)(C)=O)cc1. The number of hydrogen-bond acceptors (Lipinski definition) is 4. The van der Waals surface area contributed by atoms with Gasteiger partial charge in [0.1, 0.15) is 7.14 Å². The molecule has 0 saturated heterocycles. The predicted molar refractivity (Wildman–Crippen MR) is 203 cm³/mol. The third-order valence-corrected chi connectivity index (χ3v) is 7.58. The molecule has 0 spiro atoms. The van der Waals surface area contributed by atoms with Crippen molar-refractivity contribution in [2.75, 3.05) is 33.2 Å². The summed E-state index contributed by atoms with van der Waals surface area (Å²) in [6, 6.07) is 24.1. The number of alkyl halides is 3. The molecule has 3 aromatic carbocycles. The average Bonchev–Trinajstić information content (AvgIpc) is 3.01. The number of nitrogens with one attached hydrogen (secondary N) is 1. The molecular formula is C38H65F3N3OP. The molecule has 0 aliphatic heterocycles. The molecule has 0 atom stereocenters. The lowest BCUT2D eigenvalue weighted by atomic mass is 10.0. The van der Waals surface area contributed by atoms with Crippen molar-refractivity contribution in [1.29, 1.82) is 0 Å². The number of anilines is 1. The molecule has 0 radical (unpaired) electrons. The molecule has 8 heteroatoms. The van der Waals surface area contributed by atoms with E-state index < -0.39 is 13.3 Å². The summed E-state index contributed by atoms with van der Waals surface area (Å²) in [5, 5.41) is 4.15. The first-order chi connectivity index (χ1) is 21.3. The van der Waals surface area contributed by atoms with Gasteiger partial charge in [0.25, 0.3) is 0 Å². The molecule has 3 N–H and O–H groups in total. The van der Waals surface area contributed by atoms with Crippen molar-refractivity contribution in [1.82, 2.24) is 5.32 Å². The van der Waals surface area contributed by atoms with E-state index >= 15 is 0 Å². The van der Waals surface area contributed by atoms with Crippen LogP contribution in [0.5, 0.6) is 0 Å². The normalized spacial score (nSPS) is 10.3. The van der Waals surface area contributed by atoms with Crippen molar-refractivity contribution in [3.8, 4) is 0 Å². The van der Waals surface area contributed by atoms with Gasteiger partial charge in [0.15, 0.2) is 0 Å². The molecule has 4 nitrogen and oxygen atoms in total. The van der Waals surface area contributed by atoms with Crippen molar-refractivity contribution < 1.29 is 17.7 Å². The molecule has 0 heterocycles. The van der Waals surface area contributed by atoms with Crippen LogP contribution in [0.2, 0.25) is 0 Å². The molecule has 264 valence electrons. The molecule has 0 fully saturated rings. The maximum absolute atomic E-state index is 11.5. The van der Waals surface area contributed by atoms with E-state index in [1.54, 1.807) is 20.4 Å². The lowest BCUT2D eigenvalue weighted by Crippen LogP contribution is -2.34. The van der Waals surface area contributed by atoms with Crippen molar-refractivity contribution >= 4 is 24.3 Å². The van der Waals surface area contributed by atoms with Crippen LogP contribution >= 0.6 is 7.14 Å². The highest BCUT2D eigenvalue weighted by molar-refractivity contribution is 7.70. The molecule has 0 aromatic heterocycles. The maximum atomic E-state index is 11.5. The van der Waals surface area contributed by atoms with Crippen LogP contribution in [0.4, 0.5) is 18.9 Å². The number of rotatable bonds is 5. The van der Waals surface area contributed by atoms with Crippen LogP contribution in [0.15, 0.2) is 77.8 Å². The van der Waals surface area contributed by atoms with Gasteiger partial charge in [-0.05, 0) is 89.7 Å². The number of halogens is 3. The topological polar surface area (TPSA) is 67.5 Å².